The van der Waals surface area contributed by atoms with Gasteiger partial charge in [0.1, 0.15) is 0 Å². The fraction of sp³-hybridized carbons (Fsp3) is 1.00. The van der Waals surface area contributed by atoms with Gasteiger partial charge in [-0.15, -0.1) is 0 Å². The summed E-state index contributed by atoms with van der Waals surface area (Å²) < 4.78 is 5.20. The van der Waals surface area contributed by atoms with E-state index in [4.69, 9.17) is 4.74 Å². The van der Waals surface area contributed by atoms with E-state index in [1.165, 1.54) is 12.8 Å². The van der Waals surface area contributed by atoms with E-state index in [1.807, 2.05) is 6.92 Å². The van der Waals surface area contributed by atoms with Crippen LogP contribution in [0.15, 0.2) is 0 Å². The SMILES string of the molecule is CCOCCNCC1CCCC1O. The second-order valence-electron chi connectivity index (χ2n) is 3.66. The van der Waals surface area contributed by atoms with Crippen LogP contribution in [-0.2, 0) is 4.74 Å². The molecule has 3 nitrogen and oxygen atoms in total. The average molecular weight is 187 g/mol. The highest BCUT2D eigenvalue weighted by atomic mass is 16.5. The monoisotopic (exact) mass is 187 g/mol. The van der Waals surface area contributed by atoms with Gasteiger partial charge < -0.3 is 15.2 Å². The average Bonchev–Trinajstić information content (AvgIpc) is 2.52. The molecule has 78 valence electrons. The summed E-state index contributed by atoms with van der Waals surface area (Å²) >= 11 is 0. The van der Waals surface area contributed by atoms with Crippen molar-refractivity contribution in [1.82, 2.24) is 5.32 Å². The van der Waals surface area contributed by atoms with Gasteiger partial charge in [0, 0.05) is 19.7 Å². The quantitative estimate of drug-likeness (QED) is 0.604. The minimum absolute atomic E-state index is 0.0698. The molecule has 0 heterocycles. The third-order valence-electron chi connectivity index (χ3n) is 2.65. The number of ether oxygens (including phenoxy) is 1. The molecule has 0 aromatic rings. The lowest BCUT2D eigenvalue weighted by Crippen LogP contribution is -2.30. The summed E-state index contributed by atoms with van der Waals surface area (Å²) in [7, 11) is 0. The predicted molar refractivity (Wildman–Crippen MR) is 52.7 cm³/mol. The second-order valence-corrected chi connectivity index (χ2v) is 3.66. The maximum Gasteiger partial charge on any atom is 0.0590 e. The van der Waals surface area contributed by atoms with Crippen molar-refractivity contribution >= 4 is 0 Å². The lowest BCUT2D eigenvalue weighted by molar-refractivity contribution is 0.123. The third kappa shape index (κ3) is 4.07. The molecule has 1 aliphatic rings. The first kappa shape index (κ1) is 11.0. The van der Waals surface area contributed by atoms with E-state index in [2.05, 4.69) is 5.32 Å². The van der Waals surface area contributed by atoms with Gasteiger partial charge in [-0.3, -0.25) is 0 Å². The Bertz CT molecular complexity index is 130. The molecule has 0 amide bonds. The Morgan fingerprint density at radius 2 is 2.31 bits per heavy atom. The lowest BCUT2D eigenvalue weighted by Gasteiger charge is -2.14. The minimum Gasteiger partial charge on any atom is -0.393 e. The first-order valence-corrected chi connectivity index (χ1v) is 5.31. The summed E-state index contributed by atoms with van der Waals surface area (Å²) in [6.07, 6.45) is 3.26. The van der Waals surface area contributed by atoms with Gasteiger partial charge in [0.05, 0.1) is 12.7 Å². The van der Waals surface area contributed by atoms with E-state index >= 15 is 0 Å². The van der Waals surface area contributed by atoms with Crippen LogP contribution in [0, 0.1) is 5.92 Å². The lowest BCUT2D eigenvalue weighted by atomic mass is 10.1. The van der Waals surface area contributed by atoms with Crippen LogP contribution >= 0.6 is 0 Å². The molecule has 13 heavy (non-hydrogen) atoms. The maximum atomic E-state index is 9.52. The number of nitrogens with one attached hydrogen (secondary N) is 1. The van der Waals surface area contributed by atoms with Crippen LogP contribution in [0.1, 0.15) is 26.2 Å². The number of aliphatic hydroxyl groups excluding tert-OH is 1. The molecule has 0 radical (unpaired) electrons. The molecule has 1 aliphatic carbocycles. The smallest absolute Gasteiger partial charge is 0.0590 e. The van der Waals surface area contributed by atoms with Gasteiger partial charge in [-0.2, -0.15) is 0 Å². The van der Waals surface area contributed by atoms with Gasteiger partial charge in [0.25, 0.3) is 0 Å². The van der Waals surface area contributed by atoms with Gasteiger partial charge in [-0.25, -0.2) is 0 Å². The zero-order valence-electron chi connectivity index (χ0n) is 8.46. The summed E-state index contributed by atoms with van der Waals surface area (Å²) in [5, 5.41) is 12.8. The van der Waals surface area contributed by atoms with E-state index in [-0.39, 0.29) is 6.10 Å². The van der Waals surface area contributed by atoms with Crippen molar-refractivity contribution in [3.63, 3.8) is 0 Å². The molecular formula is C10H21NO2. The molecule has 0 aromatic carbocycles. The standard InChI is InChI=1S/C10H21NO2/c1-2-13-7-6-11-8-9-4-3-5-10(9)12/h9-12H,2-8H2,1H3. The van der Waals surface area contributed by atoms with Gasteiger partial charge in [0.2, 0.25) is 0 Å². The van der Waals surface area contributed by atoms with Crippen LogP contribution in [0.5, 0.6) is 0 Å². The fourth-order valence-corrected chi connectivity index (χ4v) is 1.83. The molecular weight excluding hydrogens is 166 g/mol. The Kier molecular flexibility index (Phi) is 5.35. The summed E-state index contributed by atoms with van der Waals surface area (Å²) in [6.45, 7) is 5.40. The highest BCUT2D eigenvalue weighted by Gasteiger charge is 2.24. The zero-order chi connectivity index (χ0) is 9.52. The molecule has 3 heteroatoms. The summed E-state index contributed by atoms with van der Waals surface area (Å²) in [4.78, 5) is 0. The second kappa shape index (κ2) is 6.35. The van der Waals surface area contributed by atoms with E-state index < -0.39 is 0 Å². The van der Waals surface area contributed by atoms with Crippen molar-refractivity contribution in [1.29, 1.82) is 0 Å². The van der Waals surface area contributed by atoms with Crippen LogP contribution in [0.2, 0.25) is 0 Å². The van der Waals surface area contributed by atoms with Crippen LogP contribution in [0.25, 0.3) is 0 Å². The fourth-order valence-electron chi connectivity index (χ4n) is 1.83. The van der Waals surface area contributed by atoms with Gasteiger partial charge in [-0.1, -0.05) is 6.42 Å². The molecule has 0 aliphatic heterocycles. The van der Waals surface area contributed by atoms with Crippen LogP contribution in [0.3, 0.4) is 0 Å². The molecule has 1 rings (SSSR count). The Morgan fingerprint density at radius 1 is 1.46 bits per heavy atom. The number of aliphatic hydroxyl groups is 1. The van der Waals surface area contributed by atoms with Crippen LogP contribution in [0.4, 0.5) is 0 Å². The maximum absolute atomic E-state index is 9.52. The Balaban J connectivity index is 1.93. The largest absolute Gasteiger partial charge is 0.393 e. The zero-order valence-corrected chi connectivity index (χ0v) is 8.46. The van der Waals surface area contributed by atoms with E-state index in [0.717, 1.165) is 32.7 Å². The molecule has 1 fully saturated rings. The van der Waals surface area contributed by atoms with Crippen molar-refractivity contribution in [2.75, 3.05) is 26.3 Å². The normalized spacial score (nSPS) is 28.2. The Labute approximate surface area is 80.5 Å². The number of hydrogen-bond donors (Lipinski definition) is 2. The van der Waals surface area contributed by atoms with Gasteiger partial charge in [0.15, 0.2) is 0 Å². The third-order valence-corrected chi connectivity index (χ3v) is 2.65. The number of rotatable bonds is 6. The van der Waals surface area contributed by atoms with Crippen molar-refractivity contribution in [3.8, 4) is 0 Å². The highest BCUT2D eigenvalue weighted by Crippen LogP contribution is 2.24. The van der Waals surface area contributed by atoms with E-state index in [9.17, 15) is 5.11 Å². The molecule has 0 saturated heterocycles. The van der Waals surface area contributed by atoms with Crippen molar-refractivity contribution in [3.05, 3.63) is 0 Å². The van der Waals surface area contributed by atoms with Gasteiger partial charge in [-0.05, 0) is 25.7 Å². The molecule has 0 bridgehead atoms. The van der Waals surface area contributed by atoms with Gasteiger partial charge >= 0.3 is 0 Å². The molecule has 1 saturated carbocycles. The first-order valence-electron chi connectivity index (χ1n) is 5.31. The molecule has 0 spiro atoms. The van der Waals surface area contributed by atoms with E-state index in [0.29, 0.717) is 5.92 Å². The van der Waals surface area contributed by atoms with Crippen molar-refractivity contribution in [2.24, 2.45) is 5.92 Å². The number of hydrogen-bond acceptors (Lipinski definition) is 3. The minimum atomic E-state index is -0.0698. The molecule has 0 aromatic heterocycles. The summed E-state index contributed by atoms with van der Waals surface area (Å²) in [5.41, 5.74) is 0. The van der Waals surface area contributed by atoms with E-state index in [1.54, 1.807) is 0 Å². The van der Waals surface area contributed by atoms with Crippen molar-refractivity contribution < 1.29 is 9.84 Å². The predicted octanol–water partition coefficient (Wildman–Crippen LogP) is 0.773. The van der Waals surface area contributed by atoms with Crippen molar-refractivity contribution in [2.45, 2.75) is 32.3 Å². The van der Waals surface area contributed by atoms with Crippen LogP contribution < -0.4 is 5.32 Å². The summed E-state index contributed by atoms with van der Waals surface area (Å²) in [6, 6.07) is 0. The molecule has 2 N–H and O–H groups in total. The molecule has 2 atom stereocenters. The Hall–Kier alpha value is -0.120. The topological polar surface area (TPSA) is 41.5 Å². The highest BCUT2D eigenvalue weighted by molar-refractivity contribution is 4.77. The first-order chi connectivity index (χ1) is 6.34. The molecule has 2 unspecified atom stereocenters. The summed E-state index contributed by atoms with van der Waals surface area (Å²) in [5.74, 6) is 0.474. The Morgan fingerprint density at radius 3 is 2.92 bits per heavy atom. The van der Waals surface area contributed by atoms with Crippen LogP contribution in [-0.4, -0.2) is 37.5 Å².